The van der Waals surface area contributed by atoms with Crippen LogP contribution in [-0.4, -0.2) is 51.5 Å². The van der Waals surface area contributed by atoms with Gasteiger partial charge in [-0.25, -0.2) is 10.4 Å². The summed E-state index contributed by atoms with van der Waals surface area (Å²) in [7, 11) is 3.21. The number of rotatable bonds is 9. The summed E-state index contributed by atoms with van der Waals surface area (Å²) >= 11 is 0. The highest BCUT2D eigenvalue weighted by Crippen LogP contribution is 2.17. The van der Waals surface area contributed by atoms with E-state index in [-0.39, 0.29) is 5.91 Å². The fourth-order valence-corrected chi connectivity index (χ4v) is 1.90. The first-order valence-electron chi connectivity index (χ1n) is 6.93. The number of carbonyl (C=O) groups is 1. The second-order valence-corrected chi connectivity index (χ2v) is 4.51. The third-order valence-corrected chi connectivity index (χ3v) is 2.87. The van der Waals surface area contributed by atoms with Crippen LogP contribution in [0.5, 0.6) is 0 Å². The van der Waals surface area contributed by atoms with Gasteiger partial charge in [0.2, 0.25) is 5.91 Å². The molecule has 22 heavy (non-hydrogen) atoms. The van der Waals surface area contributed by atoms with Crippen LogP contribution in [0.2, 0.25) is 0 Å². The van der Waals surface area contributed by atoms with E-state index >= 15 is 0 Å². The number of amides is 1. The normalized spacial score (nSPS) is 10.5. The van der Waals surface area contributed by atoms with E-state index in [9.17, 15) is 4.79 Å². The molecule has 0 aliphatic heterocycles. The van der Waals surface area contributed by atoms with E-state index in [0.29, 0.717) is 37.6 Å². The van der Waals surface area contributed by atoms with Crippen molar-refractivity contribution in [3.8, 4) is 6.07 Å². The summed E-state index contributed by atoms with van der Waals surface area (Å²) in [5, 5.41) is 12.2. The number of hydrogen-bond acceptors (Lipinski definition) is 6. The van der Waals surface area contributed by atoms with Crippen LogP contribution >= 0.6 is 0 Å². The molecule has 1 N–H and O–H groups in total. The Bertz CT molecular complexity index is 516. The van der Waals surface area contributed by atoms with Crippen molar-refractivity contribution < 1.29 is 14.3 Å². The van der Waals surface area contributed by atoms with Crippen molar-refractivity contribution in [3.63, 3.8) is 0 Å². The van der Waals surface area contributed by atoms with Gasteiger partial charge in [-0.05, 0) is 18.2 Å². The Morgan fingerprint density at radius 1 is 1.32 bits per heavy atom. The summed E-state index contributed by atoms with van der Waals surface area (Å²) < 4.78 is 10.1. The van der Waals surface area contributed by atoms with E-state index in [1.807, 2.05) is 0 Å². The van der Waals surface area contributed by atoms with E-state index in [2.05, 4.69) is 11.5 Å². The van der Waals surface area contributed by atoms with Crippen molar-refractivity contribution in [2.45, 2.75) is 6.92 Å². The number of methoxy groups -OCH3 is 2. The first kappa shape index (κ1) is 18.1. The predicted molar refractivity (Wildman–Crippen MR) is 82.8 cm³/mol. The van der Waals surface area contributed by atoms with Gasteiger partial charge in [-0.3, -0.25) is 4.79 Å². The zero-order chi connectivity index (χ0) is 16.4. The molecule has 0 fully saturated rings. The third kappa shape index (κ3) is 5.42. The largest absolute Gasteiger partial charge is 0.383 e. The van der Waals surface area contributed by atoms with E-state index < -0.39 is 0 Å². The smallest absolute Gasteiger partial charge is 0.239 e. The molecule has 7 nitrogen and oxygen atoms in total. The standard InChI is InChI=1S/C15H22N4O3/c1-13(20)19(15-6-4-5-14(11-15)12-16)18(8-10-22-3)17-7-9-21-2/h4-6,11,17H,7-10H2,1-3H3. The van der Waals surface area contributed by atoms with Crippen LogP contribution < -0.4 is 10.4 Å². The molecule has 0 aliphatic carbocycles. The second-order valence-electron chi connectivity index (χ2n) is 4.51. The number of ether oxygens (including phenoxy) is 2. The molecule has 0 atom stereocenters. The van der Waals surface area contributed by atoms with Gasteiger partial charge >= 0.3 is 0 Å². The lowest BCUT2D eigenvalue weighted by Crippen LogP contribution is -2.55. The average molecular weight is 306 g/mol. The van der Waals surface area contributed by atoms with Gasteiger partial charge in [-0.1, -0.05) is 6.07 Å². The fourth-order valence-electron chi connectivity index (χ4n) is 1.90. The molecular weight excluding hydrogens is 284 g/mol. The highest BCUT2D eigenvalue weighted by Gasteiger charge is 2.20. The molecule has 120 valence electrons. The van der Waals surface area contributed by atoms with Crippen LogP contribution in [0, 0.1) is 11.3 Å². The van der Waals surface area contributed by atoms with Crippen molar-refractivity contribution >= 4 is 11.6 Å². The maximum atomic E-state index is 12.1. The molecule has 0 radical (unpaired) electrons. The summed E-state index contributed by atoms with van der Waals surface area (Å²) in [6, 6.07) is 8.96. The molecular formula is C15H22N4O3. The Hall–Kier alpha value is -1.98. The van der Waals surface area contributed by atoms with Gasteiger partial charge in [0, 0.05) is 27.7 Å². The number of hydrogen-bond donors (Lipinski definition) is 1. The summed E-state index contributed by atoms with van der Waals surface area (Å²) in [4.78, 5) is 12.1. The van der Waals surface area contributed by atoms with Crippen LogP contribution in [0.25, 0.3) is 0 Å². The van der Waals surface area contributed by atoms with Crippen LogP contribution in [0.15, 0.2) is 24.3 Å². The summed E-state index contributed by atoms with van der Waals surface area (Å²) in [5.41, 5.74) is 4.23. The highest BCUT2D eigenvalue weighted by molar-refractivity contribution is 5.90. The number of benzene rings is 1. The summed E-state index contributed by atoms with van der Waals surface area (Å²) in [6.07, 6.45) is 0. The Kier molecular flexibility index (Phi) is 8.10. The lowest BCUT2D eigenvalue weighted by Gasteiger charge is -2.34. The van der Waals surface area contributed by atoms with Crippen LogP contribution in [-0.2, 0) is 14.3 Å². The molecule has 0 saturated heterocycles. The quantitative estimate of drug-likeness (QED) is 0.540. The third-order valence-electron chi connectivity index (χ3n) is 2.87. The van der Waals surface area contributed by atoms with Crippen molar-refractivity contribution in [1.82, 2.24) is 10.5 Å². The molecule has 1 aromatic rings. The first-order chi connectivity index (χ1) is 10.6. The Morgan fingerprint density at radius 3 is 2.64 bits per heavy atom. The number of nitriles is 1. The molecule has 7 heteroatoms. The van der Waals surface area contributed by atoms with E-state index in [0.717, 1.165) is 0 Å². The maximum absolute atomic E-state index is 12.1. The topological polar surface area (TPSA) is 77.8 Å². The van der Waals surface area contributed by atoms with E-state index in [4.69, 9.17) is 14.7 Å². The van der Waals surface area contributed by atoms with Crippen molar-refractivity contribution in [2.75, 3.05) is 45.5 Å². The van der Waals surface area contributed by atoms with Gasteiger partial charge in [0.1, 0.15) is 0 Å². The van der Waals surface area contributed by atoms with Gasteiger partial charge < -0.3 is 9.47 Å². The lowest BCUT2D eigenvalue weighted by molar-refractivity contribution is -0.120. The Balaban J connectivity index is 3.00. The number of nitrogens with one attached hydrogen (secondary N) is 1. The average Bonchev–Trinajstić information content (AvgIpc) is 2.52. The second kappa shape index (κ2) is 9.87. The predicted octanol–water partition coefficient (Wildman–Crippen LogP) is 0.926. The SMILES string of the molecule is COCCNN(CCOC)N(C(C)=O)c1cccc(C#N)c1. The molecule has 0 spiro atoms. The molecule has 0 heterocycles. The minimum absolute atomic E-state index is 0.170. The van der Waals surface area contributed by atoms with Gasteiger partial charge in [0.15, 0.2) is 0 Å². The molecule has 0 aliphatic rings. The van der Waals surface area contributed by atoms with Crippen molar-refractivity contribution in [1.29, 1.82) is 5.26 Å². The highest BCUT2D eigenvalue weighted by atomic mass is 16.5. The number of anilines is 1. The monoisotopic (exact) mass is 306 g/mol. The van der Waals surface area contributed by atoms with Gasteiger partial charge in [0.25, 0.3) is 0 Å². The zero-order valence-corrected chi connectivity index (χ0v) is 13.2. The molecule has 0 saturated carbocycles. The minimum atomic E-state index is -0.170. The van der Waals surface area contributed by atoms with Gasteiger partial charge in [-0.2, -0.15) is 5.26 Å². The van der Waals surface area contributed by atoms with Gasteiger partial charge in [0.05, 0.1) is 37.1 Å². The maximum Gasteiger partial charge on any atom is 0.239 e. The van der Waals surface area contributed by atoms with Crippen LogP contribution in [0.3, 0.4) is 0 Å². The molecule has 0 bridgehead atoms. The van der Waals surface area contributed by atoms with Crippen LogP contribution in [0.1, 0.15) is 12.5 Å². The molecule has 0 aromatic heterocycles. The molecule has 1 rings (SSSR count). The van der Waals surface area contributed by atoms with Crippen molar-refractivity contribution in [3.05, 3.63) is 29.8 Å². The zero-order valence-electron chi connectivity index (χ0n) is 13.2. The fraction of sp³-hybridized carbons (Fsp3) is 0.467. The van der Waals surface area contributed by atoms with Crippen molar-refractivity contribution in [2.24, 2.45) is 0 Å². The molecule has 1 aromatic carbocycles. The number of nitrogens with zero attached hydrogens (tertiary/aromatic N) is 3. The van der Waals surface area contributed by atoms with E-state index in [1.165, 1.54) is 11.9 Å². The minimum Gasteiger partial charge on any atom is -0.383 e. The number of carbonyl (C=O) groups excluding carboxylic acids is 1. The summed E-state index contributed by atoms with van der Waals surface area (Å²) in [6.45, 7) is 3.44. The lowest BCUT2D eigenvalue weighted by atomic mass is 10.2. The molecule has 1 amide bonds. The van der Waals surface area contributed by atoms with Gasteiger partial charge in [-0.15, -0.1) is 5.12 Å². The Labute approximate surface area is 131 Å². The molecule has 0 unspecified atom stereocenters. The first-order valence-corrected chi connectivity index (χ1v) is 6.93. The number of hydrazine groups is 2. The van der Waals surface area contributed by atoms with Crippen LogP contribution in [0.4, 0.5) is 5.69 Å². The van der Waals surface area contributed by atoms with E-state index in [1.54, 1.807) is 43.6 Å². The summed E-state index contributed by atoms with van der Waals surface area (Å²) in [5.74, 6) is -0.170. The Morgan fingerprint density at radius 2 is 2.05 bits per heavy atom.